The topological polar surface area (TPSA) is 94.8 Å². The van der Waals surface area contributed by atoms with Gasteiger partial charge in [-0.3, -0.25) is 4.79 Å². The van der Waals surface area contributed by atoms with E-state index in [4.69, 9.17) is 4.74 Å². The second-order valence-corrected chi connectivity index (χ2v) is 7.79. The van der Waals surface area contributed by atoms with E-state index in [1.54, 1.807) is 49.8 Å². The Bertz CT molecular complexity index is 1280. The summed E-state index contributed by atoms with van der Waals surface area (Å²) in [5, 5.41) is 11.1. The molecule has 4 aromatic rings. The summed E-state index contributed by atoms with van der Waals surface area (Å²) in [5.74, 6) is 0.178. The van der Waals surface area contributed by atoms with Crippen molar-refractivity contribution in [3.8, 4) is 11.4 Å². The number of carbonyl (C=O) groups excluding carboxylic acids is 1. The Morgan fingerprint density at radius 1 is 1.09 bits per heavy atom. The zero-order valence-corrected chi connectivity index (χ0v) is 18.5. The standard InChI is InChI=1S/C22H17F3N6O2S/c1-33-17-8-6-16(7-9-17)31-18(13-34-21-26-10-3-11-27-21)19(29-30-31)20(32)28-15-5-2-4-14(12-15)22(23,24)25/h2-12H,13H2,1H3,(H,28,32). The lowest BCUT2D eigenvalue weighted by Crippen LogP contribution is -2.16. The lowest BCUT2D eigenvalue weighted by atomic mass is 10.2. The number of thioether (sulfide) groups is 1. The SMILES string of the molecule is COc1ccc(-n2nnc(C(=O)Nc3cccc(C(F)(F)F)c3)c2CSc2ncccn2)cc1. The van der Waals surface area contributed by atoms with Crippen molar-refractivity contribution in [1.82, 2.24) is 25.0 Å². The minimum Gasteiger partial charge on any atom is -0.497 e. The van der Waals surface area contributed by atoms with Crippen LogP contribution in [0.2, 0.25) is 0 Å². The number of nitrogens with zero attached hydrogens (tertiary/aromatic N) is 5. The van der Waals surface area contributed by atoms with E-state index in [-0.39, 0.29) is 17.1 Å². The molecule has 2 aromatic carbocycles. The highest BCUT2D eigenvalue weighted by molar-refractivity contribution is 7.98. The van der Waals surface area contributed by atoms with E-state index in [2.05, 4.69) is 25.6 Å². The van der Waals surface area contributed by atoms with Gasteiger partial charge in [-0.2, -0.15) is 13.2 Å². The Hall–Kier alpha value is -3.93. The smallest absolute Gasteiger partial charge is 0.416 e. The molecule has 1 N–H and O–H groups in total. The molecule has 2 heterocycles. The summed E-state index contributed by atoms with van der Waals surface area (Å²) in [6.45, 7) is 0. The molecule has 0 atom stereocenters. The first kappa shape index (κ1) is 23.2. The van der Waals surface area contributed by atoms with Gasteiger partial charge in [-0.25, -0.2) is 14.6 Å². The van der Waals surface area contributed by atoms with Crippen LogP contribution in [-0.4, -0.2) is 38.0 Å². The lowest BCUT2D eigenvalue weighted by molar-refractivity contribution is -0.137. The van der Waals surface area contributed by atoms with E-state index in [0.717, 1.165) is 12.1 Å². The third kappa shape index (κ3) is 5.34. The van der Waals surface area contributed by atoms with Crippen LogP contribution < -0.4 is 10.1 Å². The molecule has 34 heavy (non-hydrogen) atoms. The number of anilines is 1. The third-order valence-corrected chi connectivity index (χ3v) is 5.51. The van der Waals surface area contributed by atoms with Crippen molar-refractivity contribution >= 4 is 23.4 Å². The Morgan fingerprint density at radius 2 is 1.82 bits per heavy atom. The van der Waals surface area contributed by atoms with Crippen LogP contribution in [-0.2, 0) is 11.9 Å². The van der Waals surface area contributed by atoms with Gasteiger partial charge in [0, 0.05) is 23.8 Å². The van der Waals surface area contributed by atoms with Gasteiger partial charge in [0.15, 0.2) is 10.9 Å². The zero-order valence-electron chi connectivity index (χ0n) is 17.7. The normalized spacial score (nSPS) is 11.3. The third-order valence-electron chi connectivity index (χ3n) is 4.62. The number of carbonyl (C=O) groups is 1. The second kappa shape index (κ2) is 9.91. The van der Waals surface area contributed by atoms with E-state index in [1.807, 2.05) is 0 Å². The van der Waals surface area contributed by atoms with Crippen molar-refractivity contribution in [2.24, 2.45) is 0 Å². The molecule has 12 heteroatoms. The highest BCUT2D eigenvalue weighted by atomic mass is 32.2. The average Bonchev–Trinajstić information content (AvgIpc) is 3.27. The molecule has 0 unspecified atom stereocenters. The van der Waals surface area contributed by atoms with Crippen molar-refractivity contribution in [1.29, 1.82) is 0 Å². The lowest BCUT2D eigenvalue weighted by Gasteiger charge is -2.10. The molecule has 0 saturated heterocycles. The minimum atomic E-state index is -4.53. The summed E-state index contributed by atoms with van der Waals surface area (Å²) >= 11 is 1.26. The molecule has 0 spiro atoms. The van der Waals surface area contributed by atoms with Crippen molar-refractivity contribution in [3.05, 3.63) is 83.9 Å². The van der Waals surface area contributed by atoms with Crippen LogP contribution in [0.4, 0.5) is 18.9 Å². The number of nitrogens with one attached hydrogen (secondary N) is 1. The van der Waals surface area contributed by atoms with Gasteiger partial charge in [0.05, 0.1) is 24.1 Å². The first-order chi connectivity index (χ1) is 16.3. The molecule has 0 bridgehead atoms. The van der Waals surface area contributed by atoms with Crippen molar-refractivity contribution in [3.63, 3.8) is 0 Å². The summed E-state index contributed by atoms with van der Waals surface area (Å²) in [5.41, 5.74) is 0.132. The minimum absolute atomic E-state index is 0.0104. The largest absolute Gasteiger partial charge is 0.497 e. The molecule has 0 fully saturated rings. The number of amides is 1. The first-order valence-electron chi connectivity index (χ1n) is 9.82. The van der Waals surface area contributed by atoms with Crippen LogP contribution in [0.3, 0.4) is 0 Å². The van der Waals surface area contributed by atoms with Gasteiger partial charge >= 0.3 is 6.18 Å². The van der Waals surface area contributed by atoms with Crippen LogP contribution in [0.1, 0.15) is 21.7 Å². The van der Waals surface area contributed by atoms with Gasteiger partial charge in [-0.1, -0.05) is 23.0 Å². The predicted molar refractivity (Wildman–Crippen MR) is 119 cm³/mol. The number of rotatable bonds is 7. The molecule has 2 aromatic heterocycles. The maximum absolute atomic E-state index is 13.0. The Balaban J connectivity index is 1.65. The highest BCUT2D eigenvalue weighted by Crippen LogP contribution is 2.31. The van der Waals surface area contributed by atoms with Gasteiger partial charge < -0.3 is 10.1 Å². The van der Waals surface area contributed by atoms with Crippen molar-refractivity contribution in [2.45, 2.75) is 17.1 Å². The van der Waals surface area contributed by atoms with Gasteiger partial charge in [0.2, 0.25) is 0 Å². The van der Waals surface area contributed by atoms with Crippen molar-refractivity contribution in [2.75, 3.05) is 12.4 Å². The maximum atomic E-state index is 13.0. The molecule has 174 valence electrons. The average molecular weight is 486 g/mol. The number of hydrogen-bond acceptors (Lipinski definition) is 7. The summed E-state index contributed by atoms with van der Waals surface area (Å²) < 4.78 is 45.8. The number of aromatic nitrogens is 5. The Kier molecular flexibility index (Phi) is 6.77. The van der Waals surface area contributed by atoms with Crippen LogP contribution in [0.15, 0.2) is 72.1 Å². The van der Waals surface area contributed by atoms with E-state index in [1.165, 1.54) is 28.6 Å². The molecule has 0 aliphatic rings. The fourth-order valence-corrected chi connectivity index (χ4v) is 3.79. The zero-order chi connectivity index (χ0) is 24.1. The molecular formula is C22H17F3N6O2S. The summed E-state index contributed by atoms with van der Waals surface area (Å²) in [4.78, 5) is 21.3. The van der Waals surface area contributed by atoms with E-state index in [0.29, 0.717) is 22.3 Å². The monoisotopic (exact) mass is 486 g/mol. The van der Waals surface area contributed by atoms with Crippen molar-refractivity contribution < 1.29 is 22.7 Å². The van der Waals surface area contributed by atoms with Crippen LogP contribution in [0.25, 0.3) is 5.69 Å². The fraction of sp³-hybridized carbons (Fsp3) is 0.136. The second-order valence-electron chi connectivity index (χ2n) is 6.85. The number of benzene rings is 2. The van der Waals surface area contributed by atoms with E-state index < -0.39 is 17.6 Å². The predicted octanol–water partition coefficient (Wildman–Crippen LogP) is 4.63. The number of halogens is 3. The Morgan fingerprint density at radius 3 is 2.50 bits per heavy atom. The highest BCUT2D eigenvalue weighted by Gasteiger charge is 2.30. The number of ether oxygens (including phenoxy) is 1. The van der Waals surface area contributed by atoms with Gasteiger partial charge in [-0.05, 0) is 48.5 Å². The molecule has 0 radical (unpaired) electrons. The molecule has 4 rings (SSSR count). The van der Waals surface area contributed by atoms with Crippen LogP contribution >= 0.6 is 11.8 Å². The molecule has 0 aliphatic carbocycles. The fourth-order valence-electron chi connectivity index (χ4n) is 2.99. The van der Waals surface area contributed by atoms with E-state index in [9.17, 15) is 18.0 Å². The first-order valence-corrected chi connectivity index (χ1v) is 10.8. The summed E-state index contributed by atoms with van der Waals surface area (Å²) in [7, 11) is 1.54. The molecular weight excluding hydrogens is 469 g/mol. The van der Waals surface area contributed by atoms with Crippen LogP contribution in [0.5, 0.6) is 5.75 Å². The molecule has 0 aliphatic heterocycles. The quantitative estimate of drug-likeness (QED) is 0.301. The van der Waals surface area contributed by atoms with E-state index >= 15 is 0 Å². The van der Waals surface area contributed by atoms with Crippen LogP contribution in [0, 0.1) is 0 Å². The molecule has 0 saturated carbocycles. The Labute approximate surface area is 196 Å². The summed E-state index contributed by atoms with van der Waals surface area (Å²) in [6.07, 6.45) is -1.35. The number of alkyl halides is 3. The number of methoxy groups -OCH3 is 1. The number of hydrogen-bond donors (Lipinski definition) is 1. The van der Waals surface area contributed by atoms with Gasteiger partial charge in [0.25, 0.3) is 5.91 Å². The van der Waals surface area contributed by atoms with Gasteiger partial charge in [-0.15, -0.1) is 5.10 Å². The maximum Gasteiger partial charge on any atom is 0.416 e. The molecule has 1 amide bonds. The van der Waals surface area contributed by atoms with Gasteiger partial charge in [0.1, 0.15) is 5.75 Å². The molecule has 8 nitrogen and oxygen atoms in total. The summed E-state index contributed by atoms with van der Waals surface area (Å²) in [6, 6.07) is 13.0.